The van der Waals surface area contributed by atoms with E-state index in [1.54, 1.807) is 31.2 Å². The van der Waals surface area contributed by atoms with Crippen LogP contribution in [-0.4, -0.2) is 23.4 Å². The maximum absolute atomic E-state index is 12.3. The van der Waals surface area contributed by atoms with Gasteiger partial charge in [-0.25, -0.2) is 5.43 Å². The molecule has 3 aromatic rings. The first-order valence-electron chi connectivity index (χ1n) is 10.9. The number of amides is 3. The zero-order valence-electron chi connectivity index (χ0n) is 19.1. The quantitative estimate of drug-likeness (QED) is 0.227. The number of aryl methyl sites for hydroxylation is 1. The molecule has 0 heterocycles. The van der Waals surface area contributed by atoms with Crippen LogP contribution >= 0.6 is 0 Å². The van der Waals surface area contributed by atoms with E-state index in [0.29, 0.717) is 17.1 Å². The number of hydrazone groups is 1. The van der Waals surface area contributed by atoms with Gasteiger partial charge in [0.2, 0.25) is 5.91 Å². The number of hydrogen-bond donors (Lipinski definition) is 4. The monoisotopic (exact) mass is 457 g/mol. The fourth-order valence-corrected chi connectivity index (χ4v) is 3.01. The molecule has 34 heavy (non-hydrogen) atoms. The number of benzene rings is 3. The Labute approximate surface area is 198 Å². The number of carbonyl (C=O) groups excluding carboxylic acids is 3. The smallest absolute Gasteiger partial charge is 0.329 e. The van der Waals surface area contributed by atoms with Crippen LogP contribution in [0.25, 0.3) is 0 Å². The Morgan fingerprint density at radius 3 is 1.91 bits per heavy atom. The van der Waals surface area contributed by atoms with Gasteiger partial charge in [0.25, 0.3) is 0 Å². The minimum absolute atomic E-state index is 0.0373. The van der Waals surface area contributed by atoms with Crippen LogP contribution in [0.3, 0.4) is 0 Å². The molecule has 3 rings (SSSR count). The lowest BCUT2D eigenvalue weighted by Crippen LogP contribution is -2.33. The van der Waals surface area contributed by atoms with E-state index in [0.717, 1.165) is 23.4 Å². The van der Waals surface area contributed by atoms with Crippen LogP contribution in [0.5, 0.6) is 0 Å². The van der Waals surface area contributed by atoms with Gasteiger partial charge < -0.3 is 16.0 Å². The third-order valence-electron chi connectivity index (χ3n) is 4.82. The molecule has 0 atom stereocenters. The van der Waals surface area contributed by atoms with Crippen molar-refractivity contribution in [3.8, 4) is 0 Å². The van der Waals surface area contributed by atoms with Gasteiger partial charge in [-0.2, -0.15) is 5.10 Å². The standard InChI is InChI=1S/C26H27N5O3/c1-3-19-9-11-23(12-10-19)29-25(33)26(34)31-30-18(2)17-24(32)28-22-15-13-21(14-16-22)27-20-7-5-4-6-8-20/h4-16,27H,3,17H2,1-2H3,(H,28,32)(H,29,33)(H,31,34)/b30-18+. The molecule has 0 spiro atoms. The molecule has 0 fully saturated rings. The number of para-hydroxylation sites is 1. The average Bonchev–Trinajstić information content (AvgIpc) is 2.84. The molecule has 0 aliphatic heterocycles. The first-order valence-corrected chi connectivity index (χ1v) is 10.9. The van der Waals surface area contributed by atoms with Gasteiger partial charge in [0.15, 0.2) is 0 Å². The zero-order chi connectivity index (χ0) is 24.3. The van der Waals surface area contributed by atoms with Crippen LogP contribution in [0.2, 0.25) is 0 Å². The lowest BCUT2D eigenvalue weighted by atomic mass is 10.1. The number of nitrogens with zero attached hydrogens (tertiary/aromatic N) is 1. The summed E-state index contributed by atoms with van der Waals surface area (Å²) in [5, 5.41) is 12.4. The Hall–Kier alpha value is -4.46. The fourth-order valence-electron chi connectivity index (χ4n) is 3.01. The van der Waals surface area contributed by atoms with Crippen molar-refractivity contribution < 1.29 is 14.4 Å². The highest BCUT2D eigenvalue weighted by Crippen LogP contribution is 2.18. The molecule has 0 saturated heterocycles. The van der Waals surface area contributed by atoms with Crippen molar-refractivity contribution in [3.05, 3.63) is 84.4 Å². The normalized spacial score (nSPS) is 10.8. The van der Waals surface area contributed by atoms with E-state index in [1.165, 1.54) is 0 Å². The van der Waals surface area contributed by atoms with E-state index in [9.17, 15) is 14.4 Å². The first kappa shape index (κ1) is 24.2. The van der Waals surface area contributed by atoms with Crippen LogP contribution in [0.1, 0.15) is 25.8 Å². The van der Waals surface area contributed by atoms with Crippen molar-refractivity contribution in [1.82, 2.24) is 5.43 Å². The van der Waals surface area contributed by atoms with Gasteiger partial charge in [0.1, 0.15) is 0 Å². The maximum atomic E-state index is 12.3. The Bertz CT molecular complexity index is 1160. The van der Waals surface area contributed by atoms with E-state index in [2.05, 4.69) is 26.5 Å². The highest BCUT2D eigenvalue weighted by molar-refractivity contribution is 6.39. The lowest BCUT2D eigenvalue weighted by Gasteiger charge is -2.09. The summed E-state index contributed by atoms with van der Waals surface area (Å²) in [5.41, 5.74) is 6.67. The molecule has 0 unspecified atom stereocenters. The van der Waals surface area contributed by atoms with Crippen molar-refractivity contribution in [2.45, 2.75) is 26.7 Å². The Morgan fingerprint density at radius 1 is 0.706 bits per heavy atom. The van der Waals surface area contributed by atoms with E-state index in [4.69, 9.17) is 0 Å². The van der Waals surface area contributed by atoms with Gasteiger partial charge in [-0.15, -0.1) is 0 Å². The molecule has 0 aliphatic rings. The molecule has 3 amide bonds. The summed E-state index contributed by atoms with van der Waals surface area (Å²) in [6, 6.07) is 24.3. The van der Waals surface area contributed by atoms with Crippen LogP contribution in [0.15, 0.2) is 84.0 Å². The van der Waals surface area contributed by atoms with Crippen molar-refractivity contribution in [2.75, 3.05) is 16.0 Å². The zero-order valence-corrected chi connectivity index (χ0v) is 19.1. The van der Waals surface area contributed by atoms with Crippen molar-refractivity contribution in [3.63, 3.8) is 0 Å². The minimum Gasteiger partial charge on any atom is -0.356 e. The second-order valence-corrected chi connectivity index (χ2v) is 7.59. The molecule has 3 aromatic carbocycles. The molecule has 8 nitrogen and oxygen atoms in total. The van der Waals surface area contributed by atoms with E-state index >= 15 is 0 Å². The molecule has 8 heteroatoms. The summed E-state index contributed by atoms with van der Waals surface area (Å²) in [6.07, 6.45) is 0.845. The minimum atomic E-state index is -0.916. The molecule has 174 valence electrons. The van der Waals surface area contributed by atoms with E-state index in [-0.39, 0.29) is 12.3 Å². The van der Waals surface area contributed by atoms with Crippen molar-refractivity contribution in [1.29, 1.82) is 0 Å². The van der Waals surface area contributed by atoms with Gasteiger partial charge in [-0.3, -0.25) is 14.4 Å². The van der Waals surface area contributed by atoms with Crippen LogP contribution in [-0.2, 0) is 20.8 Å². The second kappa shape index (κ2) is 12.0. The molecule has 0 saturated carbocycles. The summed E-state index contributed by atoms with van der Waals surface area (Å²) in [4.78, 5) is 36.3. The summed E-state index contributed by atoms with van der Waals surface area (Å²) in [5.74, 6) is -2.05. The Balaban J connectivity index is 1.44. The molecule has 0 aromatic heterocycles. The van der Waals surface area contributed by atoms with Crippen molar-refractivity contribution >= 4 is 46.2 Å². The SMILES string of the molecule is CCc1ccc(NC(=O)C(=O)N/N=C(\C)CC(=O)Nc2ccc(Nc3ccccc3)cc2)cc1. The Morgan fingerprint density at radius 2 is 1.26 bits per heavy atom. The number of rotatable bonds is 8. The molecule has 0 aliphatic carbocycles. The largest absolute Gasteiger partial charge is 0.356 e. The van der Waals surface area contributed by atoms with Crippen LogP contribution in [0, 0.1) is 0 Å². The second-order valence-electron chi connectivity index (χ2n) is 7.59. The van der Waals surface area contributed by atoms with Crippen LogP contribution in [0.4, 0.5) is 22.7 Å². The van der Waals surface area contributed by atoms with Gasteiger partial charge >= 0.3 is 11.8 Å². The summed E-state index contributed by atoms with van der Waals surface area (Å²) < 4.78 is 0. The Kier molecular flexibility index (Phi) is 8.51. The number of carbonyl (C=O) groups is 3. The average molecular weight is 458 g/mol. The number of nitrogens with one attached hydrogen (secondary N) is 4. The van der Waals surface area contributed by atoms with Gasteiger partial charge in [-0.1, -0.05) is 37.3 Å². The summed E-state index contributed by atoms with van der Waals surface area (Å²) in [7, 11) is 0. The predicted molar refractivity (Wildman–Crippen MR) is 135 cm³/mol. The first-order chi connectivity index (χ1) is 16.4. The number of hydrogen-bond acceptors (Lipinski definition) is 5. The maximum Gasteiger partial charge on any atom is 0.329 e. The highest BCUT2D eigenvalue weighted by atomic mass is 16.2. The lowest BCUT2D eigenvalue weighted by molar-refractivity contribution is -0.136. The molecular formula is C26H27N5O3. The third kappa shape index (κ3) is 7.59. The number of anilines is 4. The summed E-state index contributed by atoms with van der Waals surface area (Å²) in [6.45, 7) is 3.62. The van der Waals surface area contributed by atoms with Crippen LogP contribution < -0.4 is 21.4 Å². The van der Waals surface area contributed by atoms with Gasteiger partial charge in [0.05, 0.1) is 6.42 Å². The van der Waals surface area contributed by atoms with E-state index in [1.807, 2.05) is 61.5 Å². The molecule has 4 N–H and O–H groups in total. The highest BCUT2D eigenvalue weighted by Gasteiger charge is 2.13. The molecule has 0 radical (unpaired) electrons. The van der Waals surface area contributed by atoms with Crippen molar-refractivity contribution in [2.24, 2.45) is 5.10 Å². The van der Waals surface area contributed by atoms with E-state index < -0.39 is 11.8 Å². The van der Waals surface area contributed by atoms with Gasteiger partial charge in [0, 0.05) is 28.5 Å². The topological polar surface area (TPSA) is 112 Å². The summed E-state index contributed by atoms with van der Waals surface area (Å²) >= 11 is 0. The molecule has 0 bridgehead atoms. The third-order valence-corrected chi connectivity index (χ3v) is 4.82. The predicted octanol–water partition coefficient (Wildman–Crippen LogP) is 4.45. The van der Waals surface area contributed by atoms with Gasteiger partial charge in [-0.05, 0) is 67.4 Å². The molecular weight excluding hydrogens is 430 g/mol. The fraction of sp³-hybridized carbons (Fsp3) is 0.154.